The predicted octanol–water partition coefficient (Wildman–Crippen LogP) is -0.147. The zero-order valence-corrected chi connectivity index (χ0v) is 9.95. The van der Waals surface area contributed by atoms with Crippen LogP contribution < -0.4 is 21.7 Å². The summed E-state index contributed by atoms with van der Waals surface area (Å²) in [6.45, 7) is 0. The van der Waals surface area contributed by atoms with Gasteiger partial charge in [0.1, 0.15) is 5.75 Å². The van der Waals surface area contributed by atoms with Crippen molar-refractivity contribution >= 4 is 5.69 Å². The van der Waals surface area contributed by atoms with Crippen molar-refractivity contribution in [3.05, 3.63) is 45.1 Å². The van der Waals surface area contributed by atoms with E-state index in [1.54, 1.807) is 24.3 Å². The molecule has 2 rings (SSSR count). The first-order valence-corrected chi connectivity index (χ1v) is 5.17. The highest BCUT2D eigenvalue weighted by Crippen LogP contribution is 2.18. The Labute approximate surface area is 102 Å². The van der Waals surface area contributed by atoms with Crippen LogP contribution in [-0.4, -0.2) is 14.3 Å². The van der Waals surface area contributed by atoms with Gasteiger partial charge in [-0.1, -0.05) is 6.07 Å². The van der Waals surface area contributed by atoms with Gasteiger partial charge < -0.3 is 10.5 Å². The maximum atomic E-state index is 11.8. The third-order valence-electron chi connectivity index (χ3n) is 2.36. The second-order valence-electron chi connectivity index (χ2n) is 3.75. The average molecular weight is 248 g/mol. The maximum Gasteiger partial charge on any atom is 0.347 e. The van der Waals surface area contributed by atoms with Crippen molar-refractivity contribution in [3.63, 3.8) is 0 Å². The Morgan fingerprint density at radius 2 is 2.00 bits per heavy atom. The van der Waals surface area contributed by atoms with E-state index in [0.29, 0.717) is 11.4 Å². The number of hydrogen-bond donors (Lipinski definition) is 1. The molecule has 0 unspecified atom stereocenters. The Bertz CT molecular complexity index is 702. The molecule has 0 saturated heterocycles. The lowest BCUT2D eigenvalue weighted by Gasteiger charge is -2.07. The van der Waals surface area contributed by atoms with Gasteiger partial charge in [0.25, 0.3) is 0 Å². The molecule has 2 N–H and O–H groups in total. The van der Waals surface area contributed by atoms with E-state index in [0.717, 1.165) is 9.25 Å². The molecule has 0 saturated carbocycles. The molecule has 0 bridgehead atoms. The second kappa shape index (κ2) is 4.36. The van der Waals surface area contributed by atoms with Crippen LogP contribution in [0.4, 0.5) is 5.69 Å². The van der Waals surface area contributed by atoms with E-state index in [4.69, 9.17) is 10.5 Å². The van der Waals surface area contributed by atoms with Crippen molar-refractivity contribution in [2.24, 2.45) is 14.1 Å². The fourth-order valence-electron chi connectivity index (χ4n) is 1.42. The largest absolute Gasteiger partial charge is 0.434 e. The molecule has 0 amide bonds. The molecule has 18 heavy (non-hydrogen) atoms. The highest BCUT2D eigenvalue weighted by atomic mass is 16.5. The monoisotopic (exact) mass is 248 g/mol. The molecule has 0 aliphatic rings. The number of nitrogens with two attached hydrogens (primary N) is 1. The van der Waals surface area contributed by atoms with Gasteiger partial charge in [-0.25, -0.2) is 9.48 Å². The number of nitrogens with zero attached hydrogens (tertiary/aromatic N) is 3. The predicted molar refractivity (Wildman–Crippen MR) is 65.6 cm³/mol. The number of aryl methyl sites for hydroxylation is 1. The van der Waals surface area contributed by atoms with Crippen LogP contribution in [0.15, 0.2) is 33.9 Å². The summed E-state index contributed by atoms with van der Waals surface area (Å²) >= 11 is 0. The topological polar surface area (TPSA) is 92.1 Å². The van der Waals surface area contributed by atoms with E-state index in [1.165, 1.54) is 14.1 Å². The van der Waals surface area contributed by atoms with Crippen LogP contribution in [0, 0.1) is 0 Å². The summed E-state index contributed by atoms with van der Waals surface area (Å²) in [5.74, 6) is 0.212. The van der Waals surface area contributed by atoms with Crippen LogP contribution in [0.1, 0.15) is 0 Å². The summed E-state index contributed by atoms with van der Waals surface area (Å²) in [6.07, 6.45) is 0. The number of ether oxygens (including phenoxy) is 1. The number of aromatic nitrogens is 3. The second-order valence-corrected chi connectivity index (χ2v) is 3.75. The van der Waals surface area contributed by atoms with Crippen LogP contribution in [0.2, 0.25) is 0 Å². The molecular weight excluding hydrogens is 236 g/mol. The van der Waals surface area contributed by atoms with Crippen molar-refractivity contribution in [3.8, 4) is 11.6 Å². The Morgan fingerprint density at radius 3 is 2.67 bits per heavy atom. The van der Waals surface area contributed by atoms with Crippen LogP contribution >= 0.6 is 0 Å². The van der Waals surface area contributed by atoms with Crippen LogP contribution in [0.25, 0.3) is 0 Å². The fourth-order valence-corrected chi connectivity index (χ4v) is 1.42. The number of benzene rings is 1. The molecule has 7 nitrogen and oxygen atoms in total. The van der Waals surface area contributed by atoms with E-state index >= 15 is 0 Å². The first-order chi connectivity index (χ1) is 8.49. The summed E-state index contributed by atoms with van der Waals surface area (Å²) < 4.78 is 7.28. The summed E-state index contributed by atoms with van der Waals surface area (Å²) in [5.41, 5.74) is 4.99. The van der Waals surface area contributed by atoms with E-state index < -0.39 is 11.2 Å². The normalized spacial score (nSPS) is 10.3. The fraction of sp³-hybridized carbons (Fsp3) is 0.182. The molecule has 0 atom stereocenters. The van der Waals surface area contributed by atoms with Crippen LogP contribution in [0.5, 0.6) is 11.6 Å². The first kappa shape index (κ1) is 11.9. The van der Waals surface area contributed by atoms with E-state index in [-0.39, 0.29) is 5.88 Å². The van der Waals surface area contributed by atoms with Crippen molar-refractivity contribution in [1.29, 1.82) is 0 Å². The molecule has 1 heterocycles. The van der Waals surface area contributed by atoms with Gasteiger partial charge in [0.05, 0.1) is 0 Å². The highest BCUT2D eigenvalue weighted by Gasteiger charge is 2.10. The third-order valence-corrected chi connectivity index (χ3v) is 2.36. The Balaban J connectivity index is 2.48. The van der Waals surface area contributed by atoms with Gasteiger partial charge in [-0.2, -0.15) is 0 Å². The van der Waals surface area contributed by atoms with Crippen molar-refractivity contribution in [2.45, 2.75) is 0 Å². The van der Waals surface area contributed by atoms with Gasteiger partial charge >= 0.3 is 17.1 Å². The maximum absolute atomic E-state index is 11.8. The summed E-state index contributed by atoms with van der Waals surface area (Å²) in [5, 5.41) is 3.77. The molecule has 2 aromatic rings. The molecule has 0 aliphatic carbocycles. The minimum Gasteiger partial charge on any atom is -0.434 e. The zero-order valence-electron chi connectivity index (χ0n) is 9.95. The molecule has 0 aliphatic heterocycles. The average Bonchev–Trinajstić information content (AvgIpc) is 2.33. The van der Waals surface area contributed by atoms with Crippen molar-refractivity contribution < 1.29 is 4.74 Å². The number of nitrogen functional groups attached to an aromatic ring is 1. The van der Waals surface area contributed by atoms with Gasteiger partial charge in [-0.05, 0) is 12.1 Å². The standard InChI is InChI=1S/C11H12N4O3/c1-14-10(16)9(13-15(2)11(14)17)18-8-5-3-4-7(12)6-8/h3-6H,12H2,1-2H3. The smallest absolute Gasteiger partial charge is 0.347 e. The first-order valence-electron chi connectivity index (χ1n) is 5.17. The SMILES string of the molecule is Cn1nc(Oc2cccc(N)c2)c(=O)n(C)c1=O. The quantitative estimate of drug-likeness (QED) is 0.746. The van der Waals surface area contributed by atoms with Crippen LogP contribution in [0.3, 0.4) is 0 Å². The molecule has 94 valence electrons. The van der Waals surface area contributed by atoms with E-state index in [1.807, 2.05) is 0 Å². The lowest BCUT2D eigenvalue weighted by molar-refractivity contribution is 0.414. The van der Waals surface area contributed by atoms with Gasteiger partial charge in [0.2, 0.25) is 0 Å². The highest BCUT2D eigenvalue weighted by molar-refractivity contribution is 5.44. The Morgan fingerprint density at radius 1 is 1.28 bits per heavy atom. The van der Waals surface area contributed by atoms with Gasteiger partial charge in [-0.3, -0.25) is 9.36 Å². The molecule has 0 spiro atoms. The Kier molecular flexibility index (Phi) is 2.88. The third kappa shape index (κ3) is 2.10. The number of hydrogen-bond acceptors (Lipinski definition) is 5. The lowest BCUT2D eigenvalue weighted by atomic mass is 10.3. The molecule has 0 radical (unpaired) electrons. The van der Waals surface area contributed by atoms with Gasteiger partial charge in [-0.15, -0.1) is 5.10 Å². The van der Waals surface area contributed by atoms with Gasteiger partial charge in [0, 0.05) is 25.8 Å². The zero-order chi connectivity index (χ0) is 13.3. The summed E-state index contributed by atoms with van der Waals surface area (Å²) in [7, 11) is 2.80. The van der Waals surface area contributed by atoms with E-state index in [2.05, 4.69) is 5.10 Å². The molecule has 7 heteroatoms. The van der Waals surface area contributed by atoms with Crippen LogP contribution in [-0.2, 0) is 14.1 Å². The Hall–Kier alpha value is -2.57. The summed E-state index contributed by atoms with van der Waals surface area (Å²) in [4.78, 5) is 23.2. The van der Waals surface area contributed by atoms with Gasteiger partial charge in [0.15, 0.2) is 0 Å². The van der Waals surface area contributed by atoms with Crippen molar-refractivity contribution in [2.75, 3.05) is 5.73 Å². The molecule has 1 aromatic heterocycles. The summed E-state index contributed by atoms with van der Waals surface area (Å²) in [6, 6.07) is 6.59. The molecule has 1 aromatic carbocycles. The number of rotatable bonds is 2. The van der Waals surface area contributed by atoms with Crippen molar-refractivity contribution in [1.82, 2.24) is 14.3 Å². The minimum absolute atomic E-state index is 0.176. The molecule has 0 fully saturated rings. The number of anilines is 1. The molecular formula is C11H12N4O3. The minimum atomic E-state index is -0.597. The lowest BCUT2D eigenvalue weighted by Crippen LogP contribution is -2.38. The van der Waals surface area contributed by atoms with E-state index in [9.17, 15) is 9.59 Å².